The van der Waals surface area contributed by atoms with Crippen molar-refractivity contribution in [3.63, 3.8) is 0 Å². The standard InChI is InChI=1S/C17H14ClFN4O/c1-11-7-14(5-6-15(11)19)23-10-16(21-22-23)17(24)20-9-12-3-2-4-13(18)8-12/h2-8,10H,9H2,1H3,(H,20,24). The molecule has 24 heavy (non-hydrogen) atoms. The fourth-order valence-corrected chi connectivity index (χ4v) is 2.40. The third kappa shape index (κ3) is 3.60. The smallest absolute Gasteiger partial charge is 0.273 e. The molecule has 0 spiro atoms. The number of nitrogens with zero attached hydrogens (tertiary/aromatic N) is 3. The molecule has 122 valence electrons. The van der Waals surface area contributed by atoms with Gasteiger partial charge in [-0.3, -0.25) is 4.79 Å². The number of nitrogens with one attached hydrogen (secondary N) is 1. The quantitative estimate of drug-likeness (QED) is 0.790. The Labute approximate surface area is 143 Å². The molecule has 0 aliphatic heterocycles. The summed E-state index contributed by atoms with van der Waals surface area (Å²) in [6, 6.07) is 11.8. The zero-order chi connectivity index (χ0) is 17.1. The van der Waals surface area contributed by atoms with E-state index in [9.17, 15) is 9.18 Å². The van der Waals surface area contributed by atoms with Gasteiger partial charge in [0.25, 0.3) is 5.91 Å². The number of amides is 1. The Balaban J connectivity index is 1.70. The number of carbonyl (C=O) groups excluding carboxylic acids is 1. The van der Waals surface area contributed by atoms with Gasteiger partial charge >= 0.3 is 0 Å². The SMILES string of the molecule is Cc1cc(-n2cc(C(=O)NCc3cccc(Cl)c3)nn2)ccc1F. The summed E-state index contributed by atoms with van der Waals surface area (Å²) in [5.41, 5.74) is 2.20. The van der Waals surface area contributed by atoms with Gasteiger partial charge in [0.05, 0.1) is 11.9 Å². The van der Waals surface area contributed by atoms with E-state index in [1.807, 2.05) is 12.1 Å². The van der Waals surface area contributed by atoms with E-state index in [1.54, 1.807) is 31.2 Å². The van der Waals surface area contributed by atoms with Crippen LogP contribution in [0, 0.1) is 12.7 Å². The zero-order valence-corrected chi connectivity index (χ0v) is 13.6. The van der Waals surface area contributed by atoms with Crippen LogP contribution >= 0.6 is 11.6 Å². The summed E-state index contributed by atoms with van der Waals surface area (Å²) in [6.07, 6.45) is 1.50. The second-order valence-electron chi connectivity index (χ2n) is 5.29. The van der Waals surface area contributed by atoms with E-state index in [0.29, 0.717) is 22.8 Å². The topological polar surface area (TPSA) is 59.8 Å². The molecule has 1 aromatic heterocycles. The van der Waals surface area contributed by atoms with Gasteiger partial charge in [0.15, 0.2) is 5.69 Å². The first kappa shape index (κ1) is 16.1. The Bertz CT molecular complexity index is 894. The first-order valence-electron chi connectivity index (χ1n) is 7.24. The molecule has 0 aliphatic carbocycles. The highest BCUT2D eigenvalue weighted by atomic mass is 35.5. The Morgan fingerprint density at radius 1 is 1.29 bits per heavy atom. The third-order valence-electron chi connectivity index (χ3n) is 3.47. The number of hydrogen-bond acceptors (Lipinski definition) is 3. The predicted octanol–water partition coefficient (Wildman–Crippen LogP) is 3.30. The minimum absolute atomic E-state index is 0.180. The second kappa shape index (κ2) is 6.80. The van der Waals surface area contributed by atoms with E-state index in [2.05, 4.69) is 15.6 Å². The average molecular weight is 345 g/mol. The van der Waals surface area contributed by atoms with Crippen LogP contribution in [0.15, 0.2) is 48.7 Å². The molecule has 7 heteroatoms. The van der Waals surface area contributed by atoms with Gasteiger partial charge in [-0.1, -0.05) is 28.9 Å². The first-order valence-corrected chi connectivity index (χ1v) is 7.62. The van der Waals surface area contributed by atoms with Gasteiger partial charge < -0.3 is 5.32 Å². The molecule has 5 nitrogen and oxygen atoms in total. The largest absolute Gasteiger partial charge is 0.347 e. The van der Waals surface area contributed by atoms with Gasteiger partial charge in [-0.05, 0) is 48.4 Å². The summed E-state index contributed by atoms with van der Waals surface area (Å²) >= 11 is 5.91. The summed E-state index contributed by atoms with van der Waals surface area (Å²) in [6.45, 7) is 2.00. The lowest BCUT2D eigenvalue weighted by Gasteiger charge is -2.03. The molecule has 0 fully saturated rings. The number of carbonyl (C=O) groups is 1. The second-order valence-corrected chi connectivity index (χ2v) is 5.73. The van der Waals surface area contributed by atoms with Crippen LogP contribution in [0.25, 0.3) is 5.69 Å². The molecule has 2 aromatic carbocycles. The van der Waals surface area contributed by atoms with E-state index in [0.717, 1.165) is 5.56 Å². The van der Waals surface area contributed by atoms with E-state index in [4.69, 9.17) is 11.6 Å². The first-order chi connectivity index (χ1) is 11.5. The molecule has 0 saturated heterocycles. The van der Waals surface area contributed by atoms with Crippen molar-refractivity contribution in [3.05, 3.63) is 76.3 Å². The Morgan fingerprint density at radius 3 is 2.88 bits per heavy atom. The van der Waals surface area contributed by atoms with Crippen LogP contribution in [0.5, 0.6) is 0 Å². The number of rotatable bonds is 4. The van der Waals surface area contributed by atoms with Gasteiger partial charge in [0.2, 0.25) is 0 Å². The van der Waals surface area contributed by atoms with Gasteiger partial charge in [0, 0.05) is 11.6 Å². The van der Waals surface area contributed by atoms with Crippen LogP contribution in [0.3, 0.4) is 0 Å². The number of hydrogen-bond donors (Lipinski definition) is 1. The zero-order valence-electron chi connectivity index (χ0n) is 12.8. The van der Waals surface area contributed by atoms with Crippen molar-refractivity contribution >= 4 is 17.5 Å². The molecular formula is C17H14ClFN4O. The van der Waals surface area contributed by atoms with E-state index >= 15 is 0 Å². The van der Waals surface area contributed by atoms with E-state index in [-0.39, 0.29) is 17.4 Å². The Kier molecular flexibility index (Phi) is 4.57. The number of halogens is 2. The normalized spacial score (nSPS) is 10.6. The molecule has 0 saturated carbocycles. The van der Waals surface area contributed by atoms with Crippen molar-refractivity contribution in [3.8, 4) is 5.69 Å². The van der Waals surface area contributed by atoms with Crippen molar-refractivity contribution in [1.29, 1.82) is 0 Å². The van der Waals surface area contributed by atoms with Gasteiger partial charge in [-0.25, -0.2) is 9.07 Å². The molecule has 0 atom stereocenters. The fraction of sp³-hybridized carbons (Fsp3) is 0.118. The van der Waals surface area contributed by atoms with Crippen molar-refractivity contribution in [2.45, 2.75) is 13.5 Å². The summed E-state index contributed by atoms with van der Waals surface area (Å²) in [5.74, 6) is -0.640. The molecule has 1 N–H and O–H groups in total. The summed E-state index contributed by atoms with van der Waals surface area (Å²) < 4.78 is 14.8. The number of aryl methyl sites for hydroxylation is 1. The number of aromatic nitrogens is 3. The van der Waals surface area contributed by atoms with Crippen LogP contribution < -0.4 is 5.32 Å². The lowest BCUT2D eigenvalue weighted by atomic mass is 10.2. The molecule has 1 heterocycles. The van der Waals surface area contributed by atoms with Crippen LogP contribution in [0.4, 0.5) is 4.39 Å². The van der Waals surface area contributed by atoms with Crippen molar-refractivity contribution in [2.75, 3.05) is 0 Å². The van der Waals surface area contributed by atoms with Crippen molar-refractivity contribution in [1.82, 2.24) is 20.3 Å². The van der Waals surface area contributed by atoms with Gasteiger partial charge in [0.1, 0.15) is 5.82 Å². The number of benzene rings is 2. The van der Waals surface area contributed by atoms with Crippen LogP contribution in [-0.4, -0.2) is 20.9 Å². The predicted molar refractivity (Wildman–Crippen MR) is 88.7 cm³/mol. The summed E-state index contributed by atoms with van der Waals surface area (Å²) in [5, 5.41) is 11.1. The lowest BCUT2D eigenvalue weighted by molar-refractivity contribution is 0.0946. The van der Waals surface area contributed by atoms with Crippen LogP contribution in [0.2, 0.25) is 5.02 Å². The highest BCUT2D eigenvalue weighted by Crippen LogP contribution is 2.13. The van der Waals surface area contributed by atoms with Crippen molar-refractivity contribution < 1.29 is 9.18 Å². The molecule has 0 unspecified atom stereocenters. The van der Waals surface area contributed by atoms with Crippen LogP contribution in [-0.2, 0) is 6.54 Å². The fourth-order valence-electron chi connectivity index (χ4n) is 2.19. The minimum Gasteiger partial charge on any atom is -0.347 e. The molecule has 0 aliphatic rings. The minimum atomic E-state index is -0.347. The third-order valence-corrected chi connectivity index (χ3v) is 3.71. The highest BCUT2D eigenvalue weighted by Gasteiger charge is 2.12. The molecule has 0 bridgehead atoms. The molecule has 3 rings (SSSR count). The summed E-state index contributed by atoms with van der Waals surface area (Å²) in [4.78, 5) is 12.1. The Morgan fingerprint density at radius 2 is 2.12 bits per heavy atom. The maximum atomic E-state index is 13.3. The maximum absolute atomic E-state index is 13.3. The molecule has 1 amide bonds. The highest BCUT2D eigenvalue weighted by molar-refractivity contribution is 6.30. The maximum Gasteiger partial charge on any atom is 0.273 e. The molecular weight excluding hydrogens is 331 g/mol. The average Bonchev–Trinajstić information content (AvgIpc) is 3.05. The van der Waals surface area contributed by atoms with E-state index < -0.39 is 0 Å². The molecule has 3 aromatic rings. The monoisotopic (exact) mass is 344 g/mol. The van der Waals surface area contributed by atoms with Crippen molar-refractivity contribution in [2.24, 2.45) is 0 Å². The van der Waals surface area contributed by atoms with E-state index in [1.165, 1.54) is 16.9 Å². The summed E-state index contributed by atoms with van der Waals surface area (Å²) in [7, 11) is 0. The van der Waals surface area contributed by atoms with Crippen LogP contribution in [0.1, 0.15) is 21.6 Å². The Hall–Kier alpha value is -2.73. The van der Waals surface area contributed by atoms with Gasteiger partial charge in [-0.2, -0.15) is 0 Å². The molecule has 0 radical (unpaired) electrons. The lowest BCUT2D eigenvalue weighted by Crippen LogP contribution is -2.23. The van der Waals surface area contributed by atoms with Gasteiger partial charge in [-0.15, -0.1) is 5.10 Å².